The lowest BCUT2D eigenvalue weighted by Crippen LogP contribution is -2.38. The molecular formula is C34H33F3N4O4. The van der Waals surface area contributed by atoms with Crippen LogP contribution in [0, 0.1) is 28.4 Å². The highest BCUT2D eigenvalue weighted by Gasteiger charge is 2.44. The number of fused-ring (bicyclic) bond motifs is 1. The molecule has 1 aliphatic heterocycles. The molecule has 45 heavy (non-hydrogen) atoms. The van der Waals surface area contributed by atoms with Crippen molar-refractivity contribution in [2.75, 3.05) is 26.9 Å². The molecule has 0 N–H and O–H groups in total. The molecule has 0 atom stereocenters. The van der Waals surface area contributed by atoms with Gasteiger partial charge in [0.1, 0.15) is 29.8 Å². The van der Waals surface area contributed by atoms with Gasteiger partial charge in [0.05, 0.1) is 43.0 Å². The summed E-state index contributed by atoms with van der Waals surface area (Å²) >= 11 is 0. The highest BCUT2D eigenvalue weighted by atomic mass is 19.1. The van der Waals surface area contributed by atoms with Gasteiger partial charge in [-0.25, -0.2) is 18.6 Å². The standard InChI is InChI=1S/C34H33F3N4O4/c1-43-33(42)24-15-28(37)32-29(16-24)41(21-34(20-35)9-10-34)31(39-32)18-40-11-7-25(8-12-40)45-26-4-2-3-23(13-26)19-44-30-6-5-22(17-38)14-27(30)36/h2-6,13-16,25H,7-12,18-21H2,1H3. The average molecular weight is 619 g/mol. The van der Waals surface area contributed by atoms with E-state index in [0.717, 1.165) is 56.5 Å². The molecule has 0 radical (unpaired) electrons. The number of esters is 1. The molecule has 2 fully saturated rings. The number of rotatable bonds is 11. The largest absolute Gasteiger partial charge is 0.490 e. The zero-order valence-corrected chi connectivity index (χ0v) is 24.9. The molecule has 234 valence electrons. The molecule has 3 aromatic carbocycles. The van der Waals surface area contributed by atoms with Crippen LogP contribution in [0.3, 0.4) is 0 Å². The number of imidazole rings is 1. The van der Waals surface area contributed by atoms with Crippen LogP contribution in [0.2, 0.25) is 0 Å². The molecule has 11 heteroatoms. The molecule has 1 aliphatic carbocycles. The summed E-state index contributed by atoms with van der Waals surface area (Å²) in [5, 5.41) is 8.92. The summed E-state index contributed by atoms with van der Waals surface area (Å²) in [6.45, 7) is 1.95. The smallest absolute Gasteiger partial charge is 0.338 e. The summed E-state index contributed by atoms with van der Waals surface area (Å²) in [7, 11) is 1.25. The lowest BCUT2D eigenvalue weighted by atomic mass is 10.1. The molecular weight excluding hydrogens is 585 g/mol. The Morgan fingerprint density at radius 3 is 2.58 bits per heavy atom. The van der Waals surface area contributed by atoms with E-state index >= 15 is 4.39 Å². The van der Waals surface area contributed by atoms with E-state index in [1.54, 1.807) is 6.07 Å². The number of ether oxygens (including phenoxy) is 3. The number of piperidine rings is 1. The van der Waals surface area contributed by atoms with Gasteiger partial charge in [-0.3, -0.25) is 9.29 Å². The fourth-order valence-electron chi connectivity index (χ4n) is 5.74. The van der Waals surface area contributed by atoms with Gasteiger partial charge in [-0.15, -0.1) is 0 Å². The summed E-state index contributed by atoms with van der Waals surface area (Å²) in [5.74, 6) is -0.443. The minimum Gasteiger partial charge on any atom is -0.490 e. The van der Waals surface area contributed by atoms with Crippen molar-refractivity contribution < 1.29 is 32.2 Å². The van der Waals surface area contributed by atoms with Crippen LogP contribution in [0.1, 0.15) is 53.0 Å². The van der Waals surface area contributed by atoms with Crippen molar-refractivity contribution in [3.63, 3.8) is 0 Å². The van der Waals surface area contributed by atoms with Gasteiger partial charge in [-0.2, -0.15) is 5.26 Å². The molecule has 0 amide bonds. The van der Waals surface area contributed by atoms with Gasteiger partial charge in [-0.1, -0.05) is 12.1 Å². The minimum atomic E-state index is -0.642. The highest BCUT2D eigenvalue weighted by molar-refractivity contribution is 5.94. The maximum atomic E-state index is 15.1. The SMILES string of the molecule is COC(=O)c1cc(F)c2nc(CN3CCC(Oc4cccc(COc5ccc(C#N)cc5F)c4)CC3)n(CC3(CF)CC3)c2c1. The van der Waals surface area contributed by atoms with Gasteiger partial charge in [0.15, 0.2) is 17.4 Å². The van der Waals surface area contributed by atoms with E-state index in [-0.39, 0.29) is 35.1 Å². The summed E-state index contributed by atoms with van der Waals surface area (Å²) < 4.78 is 61.8. The molecule has 1 saturated heterocycles. The molecule has 1 saturated carbocycles. The number of likely N-dealkylation sites (tertiary alicyclic amines) is 1. The van der Waals surface area contributed by atoms with Gasteiger partial charge in [0.25, 0.3) is 0 Å². The van der Waals surface area contributed by atoms with Gasteiger partial charge in [-0.05, 0) is 73.7 Å². The fourth-order valence-corrected chi connectivity index (χ4v) is 5.74. The number of halogens is 3. The molecule has 0 unspecified atom stereocenters. The minimum absolute atomic E-state index is 0.0199. The Bertz CT molecular complexity index is 1760. The first kappa shape index (κ1) is 30.5. The van der Waals surface area contributed by atoms with Crippen LogP contribution in [0.25, 0.3) is 11.0 Å². The number of hydrogen-bond acceptors (Lipinski definition) is 7. The molecule has 6 rings (SSSR count). The van der Waals surface area contributed by atoms with E-state index in [0.29, 0.717) is 30.2 Å². The van der Waals surface area contributed by atoms with E-state index in [1.165, 1.54) is 19.2 Å². The first-order chi connectivity index (χ1) is 21.8. The second kappa shape index (κ2) is 12.8. The Labute approximate surface area is 258 Å². The predicted octanol–water partition coefficient (Wildman–Crippen LogP) is 6.34. The molecule has 2 aliphatic rings. The second-order valence-electron chi connectivity index (χ2n) is 11.9. The number of alkyl halides is 1. The molecule has 8 nitrogen and oxygen atoms in total. The fraction of sp³-hybridized carbons (Fsp3) is 0.382. The highest BCUT2D eigenvalue weighted by Crippen LogP contribution is 2.48. The Morgan fingerprint density at radius 2 is 1.89 bits per heavy atom. The zero-order valence-electron chi connectivity index (χ0n) is 24.9. The Kier molecular flexibility index (Phi) is 8.67. The number of nitriles is 1. The lowest BCUT2D eigenvalue weighted by Gasteiger charge is -2.32. The van der Waals surface area contributed by atoms with Crippen LogP contribution >= 0.6 is 0 Å². The van der Waals surface area contributed by atoms with E-state index in [2.05, 4.69) is 9.88 Å². The van der Waals surface area contributed by atoms with Gasteiger partial charge in [0.2, 0.25) is 0 Å². The van der Waals surface area contributed by atoms with E-state index in [1.807, 2.05) is 34.9 Å². The first-order valence-electron chi connectivity index (χ1n) is 14.9. The third-order valence-corrected chi connectivity index (χ3v) is 8.60. The summed E-state index contributed by atoms with van der Waals surface area (Å²) in [6, 6.07) is 16.2. The Balaban J connectivity index is 1.10. The maximum Gasteiger partial charge on any atom is 0.338 e. The third kappa shape index (κ3) is 6.76. The first-order valence-corrected chi connectivity index (χ1v) is 14.9. The summed E-state index contributed by atoms with van der Waals surface area (Å²) in [4.78, 5) is 19.0. The van der Waals surface area contributed by atoms with Crippen molar-refractivity contribution in [3.05, 3.63) is 88.7 Å². The van der Waals surface area contributed by atoms with Crippen molar-refractivity contribution in [2.24, 2.45) is 5.41 Å². The molecule has 4 aromatic rings. The van der Waals surface area contributed by atoms with Crippen molar-refractivity contribution in [3.8, 4) is 17.6 Å². The predicted molar refractivity (Wildman–Crippen MR) is 159 cm³/mol. The van der Waals surface area contributed by atoms with Crippen molar-refractivity contribution in [2.45, 2.75) is 51.5 Å². The molecule has 0 spiro atoms. The lowest BCUT2D eigenvalue weighted by molar-refractivity contribution is 0.0600. The van der Waals surface area contributed by atoms with Gasteiger partial charge < -0.3 is 18.8 Å². The second-order valence-corrected chi connectivity index (χ2v) is 11.9. The van der Waals surface area contributed by atoms with Gasteiger partial charge >= 0.3 is 5.97 Å². The van der Waals surface area contributed by atoms with E-state index in [9.17, 15) is 13.6 Å². The Morgan fingerprint density at radius 1 is 1.09 bits per heavy atom. The number of benzene rings is 3. The maximum absolute atomic E-state index is 15.1. The number of nitrogens with zero attached hydrogens (tertiary/aromatic N) is 4. The number of carbonyl (C=O) groups excluding carboxylic acids is 1. The van der Waals surface area contributed by atoms with E-state index in [4.69, 9.17) is 19.5 Å². The van der Waals surface area contributed by atoms with E-state index < -0.39 is 29.7 Å². The van der Waals surface area contributed by atoms with Crippen LogP contribution in [-0.2, 0) is 24.4 Å². The normalized spacial score (nSPS) is 16.3. The van der Waals surface area contributed by atoms with Crippen LogP contribution in [-0.4, -0.2) is 53.4 Å². The van der Waals surface area contributed by atoms with Crippen LogP contribution in [0.4, 0.5) is 13.2 Å². The Hall–Kier alpha value is -4.56. The van der Waals surface area contributed by atoms with Crippen molar-refractivity contribution in [1.29, 1.82) is 5.26 Å². The number of methoxy groups -OCH3 is 1. The summed E-state index contributed by atoms with van der Waals surface area (Å²) in [6.07, 6.45) is 3.00. The molecule has 1 aromatic heterocycles. The third-order valence-electron chi connectivity index (χ3n) is 8.60. The quantitative estimate of drug-likeness (QED) is 0.181. The number of carbonyl (C=O) groups is 1. The van der Waals surface area contributed by atoms with Crippen molar-refractivity contribution >= 4 is 17.0 Å². The zero-order chi connectivity index (χ0) is 31.6. The summed E-state index contributed by atoms with van der Waals surface area (Å²) in [5.41, 5.74) is 1.29. The topological polar surface area (TPSA) is 89.6 Å². The monoisotopic (exact) mass is 618 g/mol. The number of hydrogen-bond donors (Lipinski definition) is 0. The molecule has 2 heterocycles. The molecule has 0 bridgehead atoms. The van der Waals surface area contributed by atoms with Gasteiger partial charge in [0, 0.05) is 25.0 Å². The van der Waals surface area contributed by atoms with Crippen LogP contribution in [0.5, 0.6) is 11.5 Å². The van der Waals surface area contributed by atoms with Crippen LogP contribution in [0.15, 0.2) is 54.6 Å². The average Bonchev–Trinajstić information content (AvgIpc) is 3.76. The number of aromatic nitrogens is 2. The van der Waals surface area contributed by atoms with Crippen LogP contribution < -0.4 is 9.47 Å². The van der Waals surface area contributed by atoms with Crippen molar-refractivity contribution in [1.82, 2.24) is 14.5 Å².